The predicted molar refractivity (Wildman–Crippen MR) is 115 cm³/mol. The topological polar surface area (TPSA) is 49.0 Å². The zero-order valence-electron chi connectivity index (χ0n) is 15.9. The van der Waals surface area contributed by atoms with Crippen LogP contribution in [0.2, 0.25) is 10.0 Å². The summed E-state index contributed by atoms with van der Waals surface area (Å²) in [5, 5.41) is 8.70. The minimum atomic E-state index is -0.265. The maximum absolute atomic E-state index is 13.5. The van der Waals surface area contributed by atoms with E-state index in [1.165, 1.54) is 6.42 Å². The normalized spacial score (nSPS) is 19.6. The molecule has 0 radical (unpaired) electrons. The second kappa shape index (κ2) is 7.51. The molecule has 1 atom stereocenters. The molecule has 3 aromatic rings. The van der Waals surface area contributed by atoms with Crippen LogP contribution in [0.4, 0.5) is 0 Å². The van der Waals surface area contributed by atoms with Crippen molar-refractivity contribution in [2.75, 3.05) is 0 Å². The quantitative estimate of drug-likeness (QED) is 0.537. The van der Waals surface area contributed by atoms with Gasteiger partial charge in [0, 0.05) is 27.2 Å². The fraction of sp³-hybridized carbons (Fsp3) is 0.304. The van der Waals surface area contributed by atoms with E-state index in [1.54, 1.807) is 6.07 Å². The van der Waals surface area contributed by atoms with Gasteiger partial charge in [-0.1, -0.05) is 78.9 Å². The maximum atomic E-state index is 13.5. The molecule has 1 saturated carbocycles. The molecule has 1 amide bonds. The zero-order chi connectivity index (χ0) is 20.0. The van der Waals surface area contributed by atoms with Gasteiger partial charge in [0.1, 0.15) is 5.69 Å². The Bertz CT molecular complexity index is 1060. The Kier molecular flexibility index (Phi) is 4.84. The van der Waals surface area contributed by atoms with Gasteiger partial charge in [-0.05, 0) is 30.5 Å². The van der Waals surface area contributed by atoms with E-state index in [-0.39, 0.29) is 18.0 Å². The summed E-state index contributed by atoms with van der Waals surface area (Å²) in [6.45, 7) is 0. The van der Waals surface area contributed by atoms with Crippen LogP contribution in [0.1, 0.15) is 59.8 Å². The van der Waals surface area contributed by atoms with Crippen molar-refractivity contribution in [3.05, 3.63) is 75.4 Å². The van der Waals surface area contributed by atoms with Crippen LogP contribution in [-0.2, 0) is 0 Å². The monoisotopic (exact) mass is 425 g/mol. The number of H-pyrrole nitrogens is 1. The van der Waals surface area contributed by atoms with Crippen LogP contribution in [0, 0.1) is 0 Å². The standard InChI is InChI=1S/C23H21Cl2N3O/c24-15-11-12-17(18(25)13-15)22-19-20(14-7-3-1-4-8-14)26-27-21(19)23(29)28(22)16-9-5-2-6-10-16/h1,3-4,7-8,11-13,16,22H,2,5-6,9-10H2,(H,26,27). The van der Waals surface area contributed by atoms with Crippen LogP contribution in [-0.4, -0.2) is 27.0 Å². The van der Waals surface area contributed by atoms with E-state index in [1.807, 2.05) is 47.4 Å². The summed E-state index contributed by atoms with van der Waals surface area (Å²) < 4.78 is 0. The largest absolute Gasteiger partial charge is 0.323 e. The van der Waals surface area contributed by atoms with Crippen molar-refractivity contribution in [3.8, 4) is 11.3 Å². The summed E-state index contributed by atoms with van der Waals surface area (Å²) in [6, 6.07) is 15.5. The molecule has 0 bridgehead atoms. The number of nitrogens with zero attached hydrogens (tertiary/aromatic N) is 2. The van der Waals surface area contributed by atoms with E-state index in [0.29, 0.717) is 15.7 Å². The van der Waals surface area contributed by atoms with Gasteiger partial charge in [-0.3, -0.25) is 9.89 Å². The van der Waals surface area contributed by atoms with Crippen LogP contribution in [0.25, 0.3) is 11.3 Å². The van der Waals surface area contributed by atoms with Crippen LogP contribution < -0.4 is 0 Å². The Morgan fingerprint density at radius 3 is 2.48 bits per heavy atom. The van der Waals surface area contributed by atoms with E-state index in [9.17, 15) is 4.79 Å². The summed E-state index contributed by atoms with van der Waals surface area (Å²) in [4.78, 5) is 15.5. The number of benzene rings is 2. The minimum Gasteiger partial charge on any atom is -0.323 e. The molecule has 1 unspecified atom stereocenters. The third-order valence-electron chi connectivity index (χ3n) is 6.08. The second-order valence-electron chi connectivity index (χ2n) is 7.80. The number of halogens is 2. The van der Waals surface area contributed by atoms with Crippen LogP contribution in [0.3, 0.4) is 0 Å². The molecule has 1 N–H and O–H groups in total. The smallest absolute Gasteiger partial charge is 0.273 e. The van der Waals surface area contributed by atoms with Gasteiger partial charge in [0.2, 0.25) is 0 Å². The van der Waals surface area contributed by atoms with Gasteiger partial charge in [-0.25, -0.2) is 0 Å². The van der Waals surface area contributed by atoms with E-state index < -0.39 is 0 Å². The van der Waals surface area contributed by atoms with Crippen LogP contribution in [0.15, 0.2) is 48.5 Å². The molecule has 0 spiro atoms. The van der Waals surface area contributed by atoms with Crippen molar-refractivity contribution in [2.24, 2.45) is 0 Å². The van der Waals surface area contributed by atoms with Crippen molar-refractivity contribution in [1.29, 1.82) is 0 Å². The molecule has 2 aromatic carbocycles. The number of carbonyl (C=O) groups excluding carboxylic acids is 1. The summed E-state index contributed by atoms with van der Waals surface area (Å²) in [5.74, 6) is 0.0117. The van der Waals surface area contributed by atoms with Crippen molar-refractivity contribution < 1.29 is 4.79 Å². The Morgan fingerprint density at radius 1 is 1.00 bits per heavy atom. The average molecular weight is 426 g/mol. The highest BCUT2D eigenvalue weighted by atomic mass is 35.5. The first kappa shape index (κ1) is 18.7. The lowest BCUT2D eigenvalue weighted by Gasteiger charge is -2.36. The molecule has 2 aliphatic rings. The number of fused-ring (bicyclic) bond motifs is 1. The number of aromatic amines is 1. The van der Waals surface area contributed by atoms with Gasteiger partial charge in [0.15, 0.2) is 0 Å². The summed E-state index contributed by atoms with van der Waals surface area (Å²) >= 11 is 12.8. The van der Waals surface area contributed by atoms with Gasteiger partial charge < -0.3 is 4.90 Å². The molecule has 1 aliphatic carbocycles. The van der Waals surface area contributed by atoms with E-state index in [2.05, 4.69) is 10.2 Å². The summed E-state index contributed by atoms with van der Waals surface area (Å²) in [7, 11) is 0. The highest BCUT2D eigenvalue weighted by Crippen LogP contribution is 2.47. The fourth-order valence-corrected chi connectivity index (χ4v) is 5.26. The number of aromatic nitrogens is 2. The maximum Gasteiger partial charge on any atom is 0.273 e. The van der Waals surface area contributed by atoms with Crippen LogP contribution >= 0.6 is 23.2 Å². The molecular weight excluding hydrogens is 405 g/mol. The molecule has 2 heterocycles. The Labute approximate surface area is 179 Å². The molecule has 4 nitrogen and oxygen atoms in total. The molecule has 5 rings (SSSR count). The molecule has 0 saturated heterocycles. The predicted octanol–water partition coefficient (Wildman–Crippen LogP) is 6.26. The Balaban J connectivity index is 1.69. The fourth-order valence-electron chi connectivity index (χ4n) is 4.75. The minimum absolute atomic E-state index is 0.0117. The van der Waals surface area contributed by atoms with E-state index in [0.717, 1.165) is 48.1 Å². The van der Waals surface area contributed by atoms with Crippen molar-refractivity contribution in [2.45, 2.75) is 44.2 Å². The zero-order valence-corrected chi connectivity index (χ0v) is 17.4. The SMILES string of the molecule is O=C1c2[nH]nc(-c3ccccc3)c2C(c2ccc(Cl)cc2Cl)N1C1CCCCC1. The van der Waals surface area contributed by atoms with E-state index >= 15 is 0 Å². The number of nitrogens with one attached hydrogen (secondary N) is 1. The summed E-state index contributed by atoms with van der Waals surface area (Å²) in [6.07, 6.45) is 5.56. The highest BCUT2D eigenvalue weighted by molar-refractivity contribution is 6.35. The van der Waals surface area contributed by atoms with Gasteiger partial charge >= 0.3 is 0 Å². The first-order valence-electron chi connectivity index (χ1n) is 10.1. The average Bonchev–Trinajstić information content (AvgIpc) is 3.29. The molecule has 1 aliphatic heterocycles. The Morgan fingerprint density at radius 2 is 1.76 bits per heavy atom. The van der Waals surface area contributed by atoms with Gasteiger partial charge in [-0.2, -0.15) is 5.10 Å². The molecule has 1 aromatic heterocycles. The molecular formula is C23H21Cl2N3O. The third kappa shape index (κ3) is 3.15. The van der Waals surface area contributed by atoms with Crippen molar-refractivity contribution in [3.63, 3.8) is 0 Å². The number of hydrogen-bond acceptors (Lipinski definition) is 2. The number of carbonyl (C=O) groups is 1. The van der Waals surface area contributed by atoms with Crippen molar-refractivity contribution >= 4 is 29.1 Å². The Hall–Kier alpha value is -2.30. The first-order valence-corrected chi connectivity index (χ1v) is 10.8. The molecule has 29 heavy (non-hydrogen) atoms. The highest BCUT2D eigenvalue weighted by Gasteiger charge is 2.45. The van der Waals surface area contributed by atoms with E-state index in [4.69, 9.17) is 23.2 Å². The van der Waals surface area contributed by atoms with Gasteiger partial charge in [-0.15, -0.1) is 0 Å². The van der Waals surface area contributed by atoms with Crippen LogP contribution in [0.5, 0.6) is 0 Å². The molecule has 148 valence electrons. The second-order valence-corrected chi connectivity index (χ2v) is 8.64. The summed E-state index contributed by atoms with van der Waals surface area (Å²) in [5.41, 5.74) is 4.18. The third-order valence-corrected chi connectivity index (χ3v) is 6.64. The lowest BCUT2D eigenvalue weighted by atomic mass is 9.91. The number of hydrogen-bond donors (Lipinski definition) is 1. The lowest BCUT2D eigenvalue weighted by molar-refractivity contribution is 0.0606. The first-order chi connectivity index (χ1) is 14.1. The number of rotatable bonds is 3. The van der Waals surface area contributed by atoms with Crippen molar-refractivity contribution in [1.82, 2.24) is 15.1 Å². The van der Waals surface area contributed by atoms with Gasteiger partial charge in [0.25, 0.3) is 5.91 Å². The van der Waals surface area contributed by atoms with Gasteiger partial charge in [0.05, 0.1) is 11.7 Å². The lowest BCUT2D eigenvalue weighted by Crippen LogP contribution is -2.40. The molecule has 1 fully saturated rings. The number of amides is 1. The molecule has 6 heteroatoms.